The Labute approximate surface area is 414 Å². The largest absolute Gasteiger partial charge is 0.472 e. The molecule has 0 heterocycles. The average Bonchev–Trinajstić information content (AvgIpc) is 3.29. The maximum Gasteiger partial charge on any atom is 0.472 e. The molecule has 0 rings (SSSR count). The first kappa shape index (κ1) is 72.0. The van der Waals surface area contributed by atoms with Gasteiger partial charge in [0.25, 0.3) is 5.91 Å². The van der Waals surface area contributed by atoms with E-state index in [0.717, 1.165) is 38.5 Å². The predicted octanol–water partition coefficient (Wildman–Crippen LogP) is 15.6. The van der Waals surface area contributed by atoms with Gasteiger partial charge >= 0.3 is 19.8 Å². The number of carbonyl (C=O) groups is 3. The fourth-order valence-electron chi connectivity index (χ4n) is 7.05. The zero-order valence-corrected chi connectivity index (χ0v) is 45.8. The van der Waals surface area contributed by atoms with Crippen LogP contribution in [-0.2, 0) is 42.2 Å². The zero-order valence-electron chi connectivity index (χ0n) is 44.9. The van der Waals surface area contributed by atoms with E-state index in [4.69, 9.17) is 29.0 Å². The third kappa shape index (κ3) is 53.6. The van der Waals surface area contributed by atoms with E-state index in [1.54, 1.807) is 0 Å². The minimum Gasteiger partial charge on any atom is -0.462 e. The smallest absolute Gasteiger partial charge is 0.462 e. The standard InChI is InChI=1S/C49H97N2O10P.2C2H6.CH4/c1-7-9-11-13-15-17-19-21-23-25-27-29-31-33-35-37-45(52)57-41-44(42-60-62(55,56)59-40-39-51-47(54)49(6,50)58-43-48(3,4)5)61-46(53)38-36-34-32-30-28-26-24-22-20-18-16-14-12-10-8-2;2*1-2;/h44H,7-43,50H2,1-6H3,(H,51,54)(H,55,56);2*1-2H3;1H4/t44-,49?;;;/m1.../s1. The number of rotatable bonds is 45. The third-order valence-electron chi connectivity index (χ3n) is 11.0. The lowest BCUT2D eigenvalue weighted by Gasteiger charge is -2.28. The molecule has 4 N–H and O–H groups in total. The van der Waals surface area contributed by atoms with Crippen LogP contribution in [0.15, 0.2) is 0 Å². The Kier molecular flexibility index (Phi) is 54.6. The van der Waals surface area contributed by atoms with Gasteiger partial charge in [-0.3, -0.25) is 29.2 Å². The van der Waals surface area contributed by atoms with Crippen LogP contribution in [0, 0.1) is 5.41 Å². The van der Waals surface area contributed by atoms with Gasteiger partial charge in [-0.25, -0.2) is 4.57 Å². The van der Waals surface area contributed by atoms with E-state index in [1.807, 2.05) is 48.5 Å². The molecule has 0 bridgehead atoms. The van der Waals surface area contributed by atoms with Gasteiger partial charge in [-0.05, 0) is 25.2 Å². The topological polar surface area (TPSA) is 173 Å². The number of carbonyl (C=O) groups excluding carboxylic acids is 3. The van der Waals surface area contributed by atoms with Crippen LogP contribution in [0.3, 0.4) is 0 Å². The van der Waals surface area contributed by atoms with E-state index < -0.39 is 44.1 Å². The van der Waals surface area contributed by atoms with Gasteiger partial charge in [0.1, 0.15) is 6.61 Å². The third-order valence-corrected chi connectivity index (χ3v) is 12.0. The minimum absolute atomic E-state index is 0. The summed E-state index contributed by atoms with van der Waals surface area (Å²) < 4.78 is 39.4. The lowest BCUT2D eigenvalue weighted by molar-refractivity contribution is -0.161. The summed E-state index contributed by atoms with van der Waals surface area (Å²) >= 11 is 0. The molecule has 0 aliphatic rings. The number of nitrogens with one attached hydrogen (secondary N) is 1. The Morgan fingerprint density at radius 1 is 0.552 bits per heavy atom. The normalized spacial score (nSPS) is 13.4. The van der Waals surface area contributed by atoms with E-state index in [-0.39, 0.29) is 52.0 Å². The number of hydrogen-bond acceptors (Lipinski definition) is 10. The predicted molar refractivity (Wildman–Crippen MR) is 282 cm³/mol. The van der Waals surface area contributed by atoms with Gasteiger partial charge in [0, 0.05) is 19.4 Å². The summed E-state index contributed by atoms with van der Waals surface area (Å²) in [6, 6.07) is 0. The second kappa shape index (κ2) is 50.8. The maximum absolute atomic E-state index is 12.8. The number of esters is 2. The Morgan fingerprint density at radius 2 is 0.896 bits per heavy atom. The number of hydrogen-bond donors (Lipinski definition) is 3. The highest BCUT2D eigenvalue weighted by molar-refractivity contribution is 7.47. The number of phosphoric ester groups is 1. The molecule has 12 nitrogen and oxygen atoms in total. The van der Waals surface area contributed by atoms with Crippen molar-refractivity contribution in [3.8, 4) is 0 Å². The highest BCUT2D eigenvalue weighted by Gasteiger charge is 2.31. The number of nitrogens with two attached hydrogens (primary N) is 1. The molecule has 0 aliphatic carbocycles. The van der Waals surface area contributed by atoms with Crippen molar-refractivity contribution in [1.29, 1.82) is 0 Å². The molecule has 0 aliphatic heterocycles. The minimum atomic E-state index is -4.62. The molecule has 1 amide bonds. The molecule has 13 heteroatoms. The van der Waals surface area contributed by atoms with Gasteiger partial charge in [-0.2, -0.15) is 0 Å². The van der Waals surface area contributed by atoms with E-state index in [0.29, 0.717) is 12.8 Å². The van der Waals surface area contributed by atoms with E-state index >= 15 is 0 Å². The Hall–Kier alpha value is -1.56. The summed E-state index contributed by atoms with van der Waals surface area (Å²) in [7, 11) is -4.62. The summed E-state index contributed by atoms with van der Waals surface area (Å²) in [4.78, 5) is 48.2. The van der Waals surface area contributed by atoms with Gasteiger partial charge in [-0.1, -0.05) is 250 Å². The lowest BCUT2D eigenvalue weighted by Crippen LogP contribution is -2.55. The van der Waals surface area contributed by atoms with Crippen LogP contribution < -0.4 is 11.1 Å². The summed E-state index contributed by atoms with van der Waals surface area (Å²) in [5.41, 5.74) is 4.20. The molecular formula is C54H113N2O10P. The van der Waals surface area contributed by atoms with Crippen LogP contribution in [0.4, 0.5) is 0 Å². The molecule has 0 spiro atoms. The lowest BCUT2D eigenvalue weighted by atomic mass is 9.98. The number of amides is 1. The van der Waals surface area contributed by atoms with Gasteiger partial charge < -0.3 is 24.4 Å². The van der Waals surface area contributed by atoms with Crippen LogP contribution >= 0.6 is 7.82 Å². The Balaban J connectivity index is -0.00000385. The SMILES string of the molecule is C.CC.CC.CCCCCCCCCCCCCCCCCC(=O)OC[C@H](COP(=O)(O)OCCNC(=O)C(C)(N)OCC(C)(C)C)OC(=O)CCCCCCCCCCCCCCCCC. The summed E-state index contributed by atoms with van der Waals surface area (Å²) in [6.45, 7) is 18.7. The molecule has 0 aromatic heterocycles. The fourth-order valence-corrected chi connectivity index (χ4v) is 7.80. The van der Waals surface area contributed by atoms with E-state index in [1.165, 1.54) is 148 Å². The molecule has 0 aromatic carbocycles. The molecule has 2 unspecified atom stereocenters. The quantitative estimate of drug-likeness (QED) is 0.0229. The van der Waals surface area contributed by atoms with Crippen molar-refractivity contribution in [2.24, 2.45) is 11.1 Å². The first-order valence-corrected chi connectivity index (χ1v) is 28.8. The van der Waals surface area contributed by atoms with Gasteiger partial charge in [0.15, 0.2) is 11.8 Å². The van der Waals surface area contributed by atoms with Crippen molar-refractivity contribution in [1.82, 2.24) is 5.32 Å². The summed E-state index contributed by atoms with van der Waals surface area (Å²) in [6.07, 6.45) is 36.1. The van der Waals surface area contributed by atoms with Crippen LogP contribution in [0.2, 0.25) is 0 Å². The van der Waals surface area contributed by atoms with Gasteiger partial charge in [0.2, 0.25) is 0 Å². The first-order chi connectivity index (χ1) is 31.6. The van der Waals surface area contributed by atoms with Crippen molar-refractivity contribution in [3.05, 3.63) is 0 Å². The first-order valence-electron chi connectivity index (χ1n) is 27.3. The maximum atomic E-state index is 12.8. The molecule has 0 aromatic rings. The van der Waals surface area contributed by atoms with E-state index in [2.05, 4.69) is 19.2 Å². The van der Waals surface area contributed by atoms with Crippen LogP contribution in [-0.4, -0.2) is 67.5 Å². The number of phosphoric acid groups is 1. The van der Waals surface area contributed by atoms with Crippen molar-refractivity contribution < 1.29 is 47.1 Å². The van der Waals surface area contributed by atoms with Crippen molar-refractivity contribution in [2.75, 3.05) is 33.0 Å². The molecule has 3 atom stereocenters. The number of ether oxygens (including phenoxy) is 3. The fraction of sp³-hybridized carbons (Fsp3) is 0.944. The molecule has 67 heavy (non-hydrogen) atoms. The monoisotopic (exact) mass is 981 g/mol. The second-order valence-electron chi connectivity index (χ2n) is 19.0. The highest BCUT2D eigenvalue weighted by Crippen LogP contribution is 2.43. The molecule has 404 valence electrons. The Morgan fingerprint density at radius 3 is 1.25 bits per heavy atom. The average molecular weight is 981 g/mol. The highest BCUT2D eigenvalue weighted by atomic mass is 31.2. The second-order valence-corrected chi connectivity index (χ2v) is 20.5. The van der Waals surface area contributed by atoms with E-state index in [9.17, 15) is 23.8 Å². The van der Waals surface area contributed by atoms with Crippen LogP contribution in [0.5, 0.6) is 0 Å². The molecular weight excluding hydrogens is 868 g/mol. The molecule has 0 saturated carbocycles. The Bertz CT molecular complexity index is 1130. The molecule has 0 radical (unpaired) electrons. The summed E-state index contributed by atoms with van der Waals surface area (Å²) in [5, 5.41) is 2.53. The summed E-state index contributed by atoms with van der Waals surface area (Å²) in [5.74, 6) is -1.51. The van der Waals surface area contributed by atoms with Crippen LogP contribution in [0.25, 0.3) is 0 Å². The van der Waals surface area contributed by atoms with Crippen molar-refractivity contribution in [3.63, 3.8) is 0 Å². The van der Waals surface area contributed by atoms with Gasteiger partial charge in [-0.15, -0.1) is 0 Å². The van der Waals surface area contributed by atoms with Crippen molar-refractivity contribution >= 4 is 25.7 Å². The van der Waals surface area contributed by atoms with Gasteiger partial charge in [0.05, 0.1) is 19.8 Å². The van der Waals surface area contributed by atoms with Crippen molar-refractivity contribution in [2.45, 2.75) is 294 Å². The zero-order chi connectivity index (χ0) is 50.2. The molecule has 0 saturated heterocycles. The molecule has 0 fully saturated rings. The number of unbranched alkanes of at least 4 members (excludes halogenated alkanes) is 28. The van der Waals surface area contributed by atoms with Crippen LogP contribution in [0.1, 0.15) is 282 Å².